The lowest BCUT2D eigenvalue weighted by atomic mass is 10.1. The number of ether oxygens (including phenoxy) is 1. The number of benzene rings is 2. The van der Waals surface area contributed by atoms with Gasteiger partial charge in [0.2, 0.25) is 0 Å². The van der Waals surface area contributed by atoms with E-state index in [-0.39, 0.29) is 11.7 Å². The average Bonchev–Trinajstić information content (AvgIpc) is 2.73. The van der Waals surface area contributed by atoms with E-state index < -0.39 is 0 Å². The Balaban J connectivity index is 1.56. The highest BCUT2D eigenvalue weighted by atomic mass is 16.5. The van der Waals surface area contributed by atoms with Crippen LogP contribution in [0.1, 0.15) is 33.3 Å². The molecule has 6 heteroatoms. The van der Waals surface area contributed by atoms with Gasteiger partial charge in [-0.2, -0.15) is 0 Å². The topological polar surface area (TPSA) is 80.3 Å². The normalized spacial score (nSPS) is 10.2. The van der Waals surface area contributed by atoms with E-state index in [4.69, 9.17) is 4.74 Å². The molecule has 2 N–H and O–H groups in total. The molecule has 0 aliphatic rings. The Kier molecular flexibility index (Phi) is 6.01. The zero-order valence-electron chi connectivity index (χ0n) is 15.7. The van der Waals surface area contributed by atoms with Crippen molar-refractivity contribution in [2.75, 3.05) is 12.4 Å². The van der Waals surface area contributed by atoms with Gasteiger partial charge in [-0.1, -0.05) is 12.1 Å². The number of aromatic nitrogens is 1. The lowest BCUT2D eigenvalue weighted by Gasteiger charge is -2.08. The molecule has 3 aromatic rings. The molecule has 0 radical (unpaired) electrons. The second kappa shape index (κ2) is 8.81. The van der Waals surface area contributed by atoms with Crippen LogP contribution in [-0.4, -0.2) is 23.8 Å². The van der Waals surface area contributed by atoms with Gasteiger partial charge in [0.1, 0.15) is 11.4 Å². The van der Waals surface area contributed by atoms with Gasteiger partial charge in [0.25, 0.3) is 5.91 Å². The molecular weight excluding hydrogens is 354 g/mol. The van der Waals surface area contributed by atoms with E-state index in [9.17, 15) is 9.59 Å². The molecule has 0 unspecified atom stereocenters. The molecule has 0 atom stereocenters. The molecule has 3 rings (SSSR count). The predicted molar refractivity (Wildman–Crippen MR) is 108 cm³/mol. The van der Waals surface area contributed by atoms with Crippen LogP contribution in [0.4, 0.5) is 11.4 Å². The highest BCUT2D eigenvalue weighted by Crippen LogP contribution is 2.17. The molecule has 1 aromatic heterocycles. The molecule has 0 fully saturated rings. The quantitative estimate of drug-likeness (QED) is 0.611. The van der Waals surface area contributed by atoms with Gasteiger partial charge in [0.05, 0.1) is 19.0 Å². The standard InChI is InChI=1S/C22H21N3O3/c1-15(26)17-5-7-18(8-6-17)25-19-9-12-21(23-14-19)22(27)24-13-16-3-10-20(28-2)11-4-16/h3-12,14,25H,13H2,1-2H3,(H,24,27). The maximum absolute atomic E-state index is 12.3. The van der Waals surface area contributed by atoms with Gasteiger partial charge >= 0.3 is 0 Å². The second-order valence-corrected chi connectivity index (χ2v) is 6.22. The van der Waals surface area contributed by atoms with Crippen LogP contribution in [-0.2, 0) is 6.54 Å². The molecule has 0 aliphatic carbocycles. The van der Waals surface area contributed by atoms with Gasteiger partial charge in [-0.05, 0) is 61.0 Å². The fraction of sp³-hybridized carbons (Fsp3) is 0.136. The number of nitrogens with zero attached hydrogens (tertiary/aromatic N) is 1. The third-order valence-electron chi connectivity index (χ3n) is 4.19. The minimum atomic E-state index is -0.242. The first-order valence-electron chi connectivity index (χ1n) is 8.80. The summed E-state index contributed by atoms with van der Waals surface area (Å²) in [6.07, 6.45) is 1.60. The van der Waals surface area contributed by atoms with Crippen molar-refractivity contribution in [3.8, 4) is 5.75 Å². The van der Waals surface area contributed by atoms with Crippen molar-refractivity contribution in [3.05, 3.63) is 83.7 Å². The number of amides is 1. The Labute approximate surface area is 163 Å². The fourth-order valence-electron chi connectivity index (χ4n) is 2.57. The molecule has 28 heavy (non-hydrogen) atoms. The van der Waals surface area contributed by atoms with Crippen molar-refractivity contribution in [1.29, 1.82) is 0 Å². The minimum Gasteiger partial charge on any atom is -0.497 e. The van der Waals surface area contributed by atoms with Gasteiger partial charge in [0, 0.05) is 17.8 Å². The summed E-state index contributed by atoms with van der Waals surface area (Å²) < 4.78 is 5.12. The van der Waals surface area contributed by atoms with Crippen molar-refractivity contribution in [2.45, 2.75) is 13.5 Å². The van der Waals surface area contributed by atoms with E-state index in [2.05, 4.69) is 15.6 Å². The molecule has 0 spiro atoms. The van der Waals surface area contributed by atoms with E-state index in [0.717, 1.165) is 22.7 Å². The van der Waals surface area contributed by atoms with Gasteiger partial charge in [-0.3, -0.25) is 9.59 Å². The van der Waals surface area contributed by atoms with Crippen molar-refractivity contribution in [1.82, 2.24) is 10.3 Å². The van der Waals surface area contributed by atoms with Crippen LogP contribution in [0.15, 0.2) is 66.9 Å². The first-order chi connectivity index (χ1) is 13.5. The minimum absolute atomic E-state index is 0.0261. The summed E-state index contributed by atoms with van der Waals surface area (Å²) in [6.45, 7) is 1.94. The first kappa shape index (κ1) is 19.1. The van der Waals surface area contributed by atoms with Crippen molar-refractivity contribution < 1.29 is 14.3 Å². The molecular formula is C22H21N3O3. The van der Waals surface area contributed by atoms with Gasteiger partial charge < -0.3 is 15.4 Å². The number of carbonyl (C=O) groups excluding carboxylic acids is 2. The Morgan fingerprint density at radius 1 is 0.929 bits per heavy atom. The summed E-state index contributed by atoms with van der Waals surface area (Å²) in [5, 5.41) is 6.03. The van der Waals surface area contributed by atoms with Crippen molar-refractivity contribution in [3.63, 3.8) is 0 Å². The largest absolute Gasteiger partial charge is 0.497 e. The Morgan fingerprint density at radius 2 is 1.61 bits per heavy atom. The van der Waals surface area contributed by atoms with Crippen molar-refractivity contribution in [2.24, 2.45) is 0 Å². The molecule has 142 valence electrons. The number of methoxy groups -OCH3 is 1. The van der Waals surface area contributed by atoms with Crippen molar-refractivity contribution >= 4 is 23.1 Å². The van der Waals surface area contributed by atoms with Gasteiger partial charge in [0.15, 0.2) is 5.78 Å². The molecule has 6 nitrogen and oxygen atoms in total. The number of carbonyl (C=O) groups is 2. The zero-order chi connectivity index (χ0) is 19.9. The van der Waals surface area contributed by atoms with E-state index in [1.165, 1.54) is 6.92 Å². The first-order valence-corrected chi connectivity index (χ1v) is 8.80. The van der Waals surface area contributed by atoms with E-state index in [0.29, 0.717) is 17.8 Å². The van der Waals surface area contributed by atoms with E-state index >= 15 is 0 Å². The molecule has 0 bridgehead atoms. The fourth-order valence-corrected chi connectivity index (χ4v) is 2.57. The zero-order valence-corrected chi connectivity index (χ0v) is 15.7. The number of Topliss-reactive ketones (excluding diaryl/α,β-unsaturated/α-hetero) is 1. The van der Waals surface area contributed by atoms with Crippen LogP contribution in [0.3, 0.4) is 0 Å². The maximum Gasteiger partial charge on any atom is 0.270 e. The summed E-state index contributed by atoms with van der Waals surface area (Å²) in [5.41, 5.74) is 3.56. The molecule has 1 amide bonds. The molecule has 1 heterocycles. The van der Waals surface area contributed by atoms with E-state index in [1.807, 2.05) is 36.4 Å². The molecule has 2 aromatic carbocycles. The lowest BCUT2D eigenvalue weighted by Crippen LogP contribution is -2.23. The molecule has 0 saturated heterocycles. The van der Waals surface area contributed by atoms with Crippen LogP contribution >= 0.6 is 0 Å². The highest BCUT2D eigenvalue weighted by molar-refractivity contribution is 5.94. The molecule has 0 saturated carbocycles. The summed E-state index contributed by atoms with van der Waals surface area (Å²) >= 11 is 0. The Hall–Kier alpha value is -3.67. The number of nitrogens with one attached hydrogen (secondary N) is 2. The third-order valence-corrected chi connectivity index (χ3v) is 4.19. The third kappa shape index (κ3) is 4.94. The number of rotatable bonds is 7. The predicted octanol–water partition coefficient (Wildman–Crippen LogP) is 3.97. The molecule has 0 aliphatic heterocycles. The van der Waals surface area contributed by atoms with Gasteiger partial charge in [-0.15, -0.1) is 0 Å². The number of ketones is 1. The van der Waals surface area contributed by atoms with Crippen LogP contribution in [0.5, 0.6) is 5.75 Å². The number of pyridine rings is 1. The Morgan fingerprint density at radius 3 is 2.18 bits per heavy atom. The SMILES string of the molecule is COc1ccc(CNC(=O)c2ccc(Nc3ccc(C(C)=O)cc3)cn2)cc1. The van der Waals surface area contributed by atoms with Crippen LogP contribution < -0.4 is 15.4 Å². The summed E-state index contributed by atoms with van der Waals surface area (Å²) in [4.78, 5) is 27.8. The van der Waals surface area contributed by atoms with Crippen LogP contribution in [0.2, 0.25) is 0 Å². The number of hydrogen-bond donors (Lipinski definition) is 2. The van der Waals surface area contributed by atoms with E-state index in [1.54, 1.807) is 37.6 Å². The monoisotopic (exact) mass is 375 g/mol. The van der Waals surface area contributed by atoms with Crippen LogP contribution in [0.25, 0.3) is 0 Å². The smallest absolute Gasteiger partial charge is 0.270 e. The average molecular weight is 375 g/mol. The second-order valence-electron chi connectivity index (χ2n) is 6.22. The maximum atomic E-state index is 12.3. The number of anilines is 2. The summed E-state index contributed by atoms with van der Waals surface area (Å²) in [7, 11) is 1.61. The summed E-state index contributed by atoms with van der Waals surface area (Å²) in [6, 6.07) is 18.1. The van der Waals surface area contributed by atoms with Crippen LogP contribution in [0, 0.1) is 0 Å². The number of hydrogen-bond acceptors (Lipinski definition) is 5. The highest BCUT2D eigenvalue weighted by Gasteiger charge is 2.07. The Bertz CT molecular complexity index is 950. The van der Waals surface area contributed by atoms with Gasteiger partial charge in [-0.25, -0.2) is 4.98 Å². The lowest BCUT2D eigenvalue weighted by molar-refractivity contribution is 0.0945. The summed E-state index contributed by atoms with van der Waals surface area (Å²) in [5.74, 6) is 0.558.